The fraction of sp³-hybridized carbons (Fsp3) is 0.933. The Balaban J connectivity index is 2.57. The molecule has 3 unspecified atom stereocenters. The highest BCUT2D eigenvalue weighted by atomic mass is 79.9. The van der Waals surface area contributed by atoms with E-state index in [1.807, 2.05) is 0 Å². The molecule has 0 radical (unpaired) electrons. The number of hydrogen-bond acceptors (Lipinski definition) is 1. The third-order valence-corrected chi connectivity index (χ3v) is 5.63. The molecule has 124 valence electrons. The zero-order valence-electron chi connectivity index (χ0n) is 12.7. The molecular weight excluding hydrogens is 347 g/mol. The molecule has 0 heterocycles. The molecule has 2 nitrogen and oxygen atoms in total. The number of rotatable bonds is 6. The molecule has 0 spiro atoms. The molecule has 1 saturated carbocycles. The summed E-state index contributed by atoms with van der Waals surface area (Å²) in [5.41, 5.74) is 0. The molecule has 6 heteroatoms. The highest BCUT2D eigenvalue weighted by Crippen LogP contribution is 2.41. The van der Waals surface area contributed by atoms with Gasteiger partial charge in [0.2, 0.25) is 5.91 Å². The van der Waals surface area contributed by atoms with Crippen LogP contribution >= 0.6 is 15.9 Å². The van der Waals surface area contributed by atoms with Gasteiger partial charge in [0.25, 0.3) is 0 Å². The van der Waals surface area contributed by atoms with Gasteiger partial charge in [-0.15, -0.1) is 0 Å². The molecule has 1 aliphatic rings. The number of carbonyl (C=O) groups is 1. The van der Waals surface area contributed by atoms with Crippen molar-refractivity contribution in [1.82, 2.24) is 5.32 Å². The van der Waals surface area contributed by atoms with Gasteiger partial charge in [-0.25, -0.2) is 0 Å². The summed E-state index contributed by atoms with van der Waals surface area (Å²) in [6, 6.07) is 0. The Morgan fingerprint density at radius 3 is 2.33 bits per heavy atom. The topological polar surface area (TPSA) is 29.1 Å². The number of hydrogen-bond donors (Lipinski definition) is 1. The van der Waals surface area contributed by atoms with Crippen molar-refractivity contribution in [2.45, 2.75) is 63.4 Å². The Morgan fingerprint density at radius 1 is 1.24 bits per heavy atom. The van der Waals surface area contributed by atoms with Gasteiger partial charge in [0.05, 0.1) is 5.92 Å². The van der Waals surface area contributed by atoms with Crippen LogP contribution in [-0.2, 0) is 4.79 Å². The van der Waals surface area contributed by atoms with E-state index >= 15 is 0 Å². The van der Waals surface area contributed by atoms with E-state index in [2.05, 4.69) is 35.1 Å². The molecular formula is C15H25BrF3NO. The van der Waals surface area contributed by atoms with Crippen molar-refractivity contribution in [2.75, 3.05) is 6.54 Å². The Bertz CT molecular complexity index is 331. The first-order chi connectivity index (χ1) is 9.81. The predicted molar refractivity (Wildman–Crippen MR) is 81.3 cm³/mol. The summed E-state index contributed by atoms with van der Waals surface area (Å²) in [5, 5.41) is 2.72. The maximum atomic E-state index is 13.0. The second kappa shape index (κ2) is 8.39. The van der Waals surface area contributed by atoms with E-state index in [1.165, 1.54) is 0 Å². The fourth-order valence-electron chi connectivity index (χ4n) is 3.13. The molecule has 1 fully saturated rings. The molecule has 0 bridgehead atoms. The summed E-state index contributed by atoms with van der Waals surface area (Å²) in [6.45, 7) is 4.54. The maximum absolute atomic E-state index is 13.0. The Morgan fingerprint density at radius 2 is 1.81 bits per heavy atom. The first-order valence-electron chi connectivity index (χ1n) is 7.79. The van der Waals surface area contributed by atoms with E-state index in [4.69, 9.17) is 0 Å². The molecule has 1 rings (SSSR count). The van der Waals surface area contributed by atoms with E-state index in [0.717, 1.165) is 12.8 Å². The molecule has 0 saturated heterocycles. The van der Waals surface area contributed by atoms with Crippen LogP contribution in [0.25, 0.3) is 0 Å². The molecule has 1 amide bonds. The number of carbonyl (C=O) groups excluding carboxylic acids is 1. The van der Waals surface area contributed by atoms with E-state index in [1.54, 1.807) is 0 Å². The van der Waals surface area contributed by atoms with Gasteiger partial charge >= 0.3 is 6.18 Å². The SMILES string of the molecule is CCC(CC)C(Br)CNC(=O)C1CCCCC1C(F)(F)F. The molecule has 0 aromatic heterocycles. The second-order valence-corrected chi connectivity index (χ2v) is 7.05. The smallest absolute Gasteiger partial charge is 0.355 e. The lowest BCUT2D eigenvalue weighted by atomic mass is 9.78. The van der Waals surface area contributed by atoms with Crippen molar-refractivity contribution in [1.29, 1.82) is 0 Å². The van der Waals surface area contributed by atoms with E-state index < -0.39 is 23.9 Å². The maximum Gasteiger partial charge on any atom is 0.392 e. The number of nitrogens with one attached hydrogen (secondary N) is 1. The Hall–Kier alpha value is -0.260. The third-order valence-electron chi connectivity index (χ3n) is 4.55. The van der Waals surface area contributed by atoms with E-state index in [0.29, 0.717) is 31.7 Å². The molecule has 1 N–H and O–H groups in total. The molecule has 3 atom stereocenters. The van der Waals surface area contributed by atoms with Gasteiger partial charge in [-0.2, -0.15) is 13.2 Å². The minimum absolute atomic E-state index is 0.0753. The summed E-state index contributed by atoms with van der Waals surface area (Å²) in [5.74, 6) is -2.41. The minimum atomic E-state index is -4.27. The lowest BCUT2D eigenvalue weighted by Gasteiger charge is -2.32. The average molecular weight is 372 g/mol. The summed E-state index contributed by atoms with van der Waals surface area (Å²) < 4.78 is 39.0. The quantitative estimate of drug-likeness (QED) is 0.675. The van der Waals surface area contributed by atoms with Crippen LogP contribution in [0.2, 0.25) is 0 Å². The summed E-state index contributed by atoms with van der Waals surface area (Å²) in [6.07, 6.45) is -0.628. The first-order valence-corrected chi connectivity index (χ1v) is 8.71. The van der Waals surface area contributed by atoms with Gasteiger partial charge in [-0.1, -0.05) is 55.5 Å². The molecule has 0 aromatic rings. The molecule has 21 heavy (non-hydrogen) atoms. The number of amides is 1. The lowest BCUT2D eigenvalue weighted by Crippen LogP contribution is -2.44. The van der Waals surface area contributed by atoms with Crippen LogP contribution in [-0.4, -0.2) is 23.5 Å². The summed E-state index contributed by atoms with van der Waals surface area (Å²) >= 11 is 3.53. The number of halogens is 4. The Labute approximate surface area is 133 Å². The van der Waals surface area contributed by atoms with Gasteiger partial charge in [-0.05, 0) is 18.8 Å². The lowest BCUT2D eigenvalue weighted by molar-refractivity contribution is -0.198. The van der Waals surface area contributed by atoms with Gasteiger partial charge in [0.1, 0.15) is 0 Å². The zero-order chi connectivity index (χ0) is 16.0. The predicted octanol–water partition coefficient (Wildman–Crippen LogP) is 4.67. The normalized spacial score (nSPS) is 24.9. The molecule has 0 aliphatic heterocycles. The van der Waals surface area contributed by atoms with Crippen LogP contribution in [0, 0.1) is 17.8 Å². The van der Waals surface area contributed by atoms with Crippen LogP contribution in [0.4, 0.5) is 13.2 Å². The van der Waals surface area contributed by atoms with Crippen LogP contribution in [0.1, 0.15) is 52.4 Å². The standard InChI is InChI=1S/C15H25BrF3NO/c1-3-10(4-2)13(16)9-20-14(21)11-7-5-6-8-12(11)15(17,18)19/h10-13H,3-9H2,1-2H3,(H,20,21). The highest BCUT2D eigenvalue weighted by molar-refractivity contribution is 9.09. The monoisotopic (exact) mass is 371 g/mol. The van der Waals surface area contributed by atoms with Crippen molar-refractivity contribution in [3.63, 3.8) is 0 Å². The van der Waals surface area contributed by atoms with Crippen molar-refractivity contribution >= 4 is 21.8 Å². The Kier molecular flexibility index (Phi) is 7.51. The first kappa shape index (κ1) is 18.8. The zero-order valence-corrected chi connectivity index (χ0v) is 14.3. The second-order valence-electron chi connectivity index (χ2n) is 5.88. The molecule has 0 aromatic carbocycles. The summed E-state index contributed by atoms with van der Waals surface area (Å²) in [7, 11) is 0. The van der Waals surface area contributed by atoms with Crippen molar-refractivity contribution in [2.24, 2.45) is 17.8 Å². The van der Waals surface area contributed by atoms with Gasteiger partial charge in [0, 0.05) is 17.3 Å². The van der Waals surface area contributed by atoms with Crippen molar-refractivity contribution in [3.05, 3.63) is 0 Å². The van der Waals surface area contributed by atoms with Gasteiger partial charge in [-0.3, -0.25) is 4.79 Å². The molecule has 1 aliphatic carbocycles. The van der Waals surface area contributed by atoms with Gasteiger partial charge < -0.3 is 5.32 Å². The average Bonchev–Trinajstić information content (AvgIpc) is 2.45. The van der Waals surface area contributed by atoms with E-state index in [-0.39, 0.29) is 11.2 Å². The van der Waals surface area contributed by atoms with Crippen LogP contribution in [0.5, 0.6) is 0 Å². The number of alkyl halides is 4. The van der Waals surface area contributed by atoms with E-state index in [9.17, 15) is 18.0 Å². The van der Waals surface area contributed by atoms with Crippen LogP contribution < -0.4 is 5.32 Å². The van der Waals surface area contributed by atoms with Crippen molar-refractivity contribution in [3.8, 4) is 0 Å². The fourth-order valence-corrected chi connectivity index (χ4v) is 4.04. The van der Waals surface area contributed by atoms with Gasteiger partial charge in [0.15, 0.2) is 0 Å². The van der Waals surface area contributed by atoms with Crippen molar-refractivity contribution < 1.29 is 18.0 Å². The summed E-state index contributed by atoms with van der Waals surface area (Å²) in [4.78, 5) is 12.2. The highest BCUT2D eigenvalue weighted by Gasteiger charge is 2.47. The minimum Gasteiger partial charge on any atom is -0.355 e. The third kappa shape index (κ3) is 5.46. The largest absolute Gasteiger partial charge is 0.392 e. The van der Waals surface area contributed by atoms with Crippen LogP contribution in [0.15, 0.2) is 0 Å². The van der Waals surface area contributed by atoms with Crippen LogP contribution in [0.3, 0.4) is 0 Å².